The van der Waals surface area contributed by atoms with E-state index >= 15 is 0 Å². The molecular formula is C9H15F4NO2. The minimum absolute atomic E-state index is 0.675. The van der Waals surface area contributed by atoms with Crippen LogP contribution in [0.2, 0.25) is 0 Å². The van der Waals surface area contributed by atoms with Crippen LogP contribution in [-0.2, 0) is 4.79 Å². The molecule has 1 aliphatic rings. The molecule has 96 valence electrons. The van der Waals surface area contributed by atoms with E-state index in [9.17, 15) is 17.6 Å². The lowest BCUT2D eigenvalue weighted by Crippen LogP contribution is -2.37. The van der Waals surface area contributed by atoms with Crippen molar-refractivity contribution in [1.29, 1.82) is 0 Å². The highest BCUT2D eigenvalue weighted by Crippen LogP contribution is 2.25. The molecule has 1 aliphatic heterocycles. The summed E-state index contributed by atoms with van der Waals surface area (Å²) in [6.45, 7) is 3.62. The normalized spacial score (nSPS) is 19.6. The largest absolute Gasteiger partial charge is 0.490 e. The standard InChI is InChI=1S/C7H14FN.C2HF3O2/c1-2-7(8)3-5-9-6-4-7;3-2(4,5)1(6)7/h9H,2-6H2,1H3;(H,6,7). The molecule has 3 nitrogen and oxygen atoms in total. The van der Waals surface area contributed by atoms with Gasteiger partial charge in [0.2, 0.25) is 0 Å². The van der Waals surface area contributed by atoms with Crippen LogP contribution in [0.25, 0.3) is 0 Å². The van der Waals surface area contributed by atoms with Gasteiger partial charge < -0.3 is 10.4 Å². The fourth-order valence-corrected chi connectivity index (χ4v) is 1.23. The zero-order valence-corrected chi connectivity index (χ0v) is 8.90. The maximum absolute atomic E-state index is 13.3. The van der Waals surface area contributed by atoms with Gasteiger partial charge in [0.15, 0.2) is 0 Å². The van der Waals surface area contributed by atoms with Gasteiger partial charge in [-0.1, -0.05) is 6.92 Å². The number of carboxylic acid groups (broad SMARTS) is 1. The van der Waals surface area contributed by atoms with E-state index in [4.69, 9.17) is 9.90 Å². The number of halogens is 4. The van der Waals surface area contributed by atoms with Crippen molar-refractivity contribution in [3.8, 4) is 0 Å². The van der Waals surface area contributed by atoms with E-state index in [1.54, 1.807) is 0 Å². The van der Waals surface area contributed by atoms with E-state index in [0.29, 0.717) is 19.3 Å². The van der Waals surface area contributed by atoms with Crippen LogP contribution in [-0.4, -0.2) is 36.0 Å². The minimum Gasteiger partial charge on any atom is -0.475 e. The van der Waals surface area contributed by atoms with E-state index in [-0.39, 0.29) is 0 Å². The summed E-state index contributed by atoms with van der Waals surface area (Å²) in [6, 6.07) is 0. The van der Waals surface area contributed by atoms with Gasteiger partial charge in [0.05, 0.1) is 0 Å². The minimum atomic E-state index is -5.08. The lowest BCUT2D eigenvalue weighted by molar-refractivity contribution is -0.192. The zero-order chi connectivity index (χ0) is 12.8. The molecule has 1 heterocycles. The van der Waals surface area contributed by atoms with Gasteiger partial charge in [0.25, 0.3) is 0 Å². The molecule has 0 bridgehead atoms. The molecule has 0 spiro atoms. The monoisotopic (exact) mass is 245 g/mol. The van der Waals surface area contributed by atoms with Crippen LogP contribution < -0.4 is 5.32 Å². The summed E-state index contributed by atoms with van der Waals surface area (Å²) in [5, 5.41) is 10.3. The van der Waals surface area contributed by atoms with Crippen molar-refractivity contribution < 1.29 is 27.5 Å². The molecule has 0 aromatic heterocycles. The van der Waals surface area contributed by atoms with Crippen LogP contribution in [0, 0.1) is 0 Å². The summed E-state index contributed by atoms with van der Waals surface area (Å²) in [4.78, 5) is 8.90. The molecule has 0 aliphatic carbocycles. The first-order valence-electron chi connectivity index (χ1n) is 4.91. The number of nitrogens with one attached hydrogen (secondary N) is 1. The Labute approximate surface area is 90.8 Å². The van der Waals surface area contributed by atoms with Gasteiger partial charge in [0.1, 0.15) is 5.67 Å². The summed E-state index contributed by atoms with van der Waals surface area (Å²) in [5.41, 5.74) is -0.842. The third-order valence-electron chi connectivity index (χ3n) is 2.38. The quantitative estimate of drug-likeness (QED) is 0.696. The number of carboxylic acids is 1. The number of aliphatic carboxylic acids is 1. The van der Waals surface area contributed by atoms with Crippen molar-refractivity contribution in [3.63, 3.8) is 0 Å². The third-order valence-corrected chi connectivity index (χ3v) is 2.38. The van der Waals surface area contributed by atoms with Crippen LogP contribution in [0.1, 0.15) is 26.2 Å². The first-order chi connectivity index (χ1) is 7.21. The van der Waals surface area contributed by atoms with Crippen LogP contribution in [0.15, 0.2) is 0 Å². The molecule has 0 unspecified atom stereocenters. The van der Waals surface area contributed by atoms with Gasteiger partial charge in [0, 0.05) is 0 Å². The Morgan fingerprint density at radius 1 is 1.38 bits per heavy atom. The number of hydrogen-bond acceptors (Lipinski definition) is 2. The third kappa shape index (κ3) is 5.89. The SMILES string of the molecule is CCC1(F)CCNCC1.O=C(O)C(F)(F)F. The maximum atomic E-state index is 13.3. The van der Waals surface area contributed by atoms with E-state index < -0.39 is 17.8 Å². The Bertz CT molecular complexity index is 224. The Morgan fingerprint density at radius 3 is 1.94 bits per heavy atom. The second-order valence-electron chi connectivity index (χ2n) is 3.56. The smallest absolute Gasteiger partial charge is 0.475 e. The van der Waals surface area contributed by atoms with Gasteiger partial charge in [-0.15, -0.1) is 0 Å². The van der Waals surface area contributed by atoms with Crippen molar-refractivity contribution in [2.75, 3.05) is 13.1 Å². The molecular weight excluding hydrogens is 230 g/mol. The van der Waals surface area contributed by atoms with E-state index in [1.165, 1.54) is 0 Å². The van der Waals surface area contributed by atoms with Gasteiger partial charge in [-0.05, 0) is 32.4 Å². The number of piperidine rings is 1. The molecule has 1 rings (SSSR count). The molecule has 0 amide bonds. The fraction of sp³-hybridized carbons (Fsp3) is 0.889. The molecule has 0 radical (unpaired) electrons. The average Bonchev–Trinajstić information content (AvgIpc) is 2.18. The van der Waals surface area contributed by atoms with Crippen molar-refractivity contribution in [2.24, 2.45) is 0 Å². The van der Waals surface area contributed by atoms with Crippen molar-refractivity contribution >= 4 is 5.97 Å². The molecule has 16 heavy (non-hydrogen) atoms. The average molecular weight is 245 g/mol. The van der Waals surface area contributed by atoms with Gasteiger partial charge in [-0.3, -0.25) is 0 Å². The summed E-state index contributed by atoms with van der Waals surface area (Å²) >= 11 is 0. The second kappa shape index (κ2) is 6.03. The predicted octanol–water partition coefficient (Wildman–Crippen LogP) is 2.12. The lowest BCUT2D eigenvalue weighted by atomic mass is 9.92. The Hall–Kier alpha value is -0.850. The van der Waals surface area contributed by atoms with Crippen LogP contribution in [0.5, 0.6) is 0 Å². The Morgan fingerprint density at radius 2 is 1.75 bits per heavy atom. The summed E-state index contributed by atoms with van der Waals surface area (Å²) in [5.74, 6) is -2.76. The predicted molar refractivity (Wildman–Crippen MR) is 49.9 cm³/mol. The van der Waals surface area contributed by atoms with Crippen LogP contribution in [0.3, 0.4) is 0 Å². The maximum Gasteiger partial charge on any atom is 0.490 e. The highest BCUT2D eigenvalue weighted by atomic mass is 19.4. The van der Waals surface area contributed by atoms with Gasteiger partial charge in [-0.25, -0.2) is 9.18 Å². The molecule has 2 N–H and O–H groups in total. The summed E-state index contributed by atoms with van der Waals surface area (Å²) < 4.78 is 45.0. The molecule has 0 atom stereocenters. The fourth-order valence-electron chi connectivity index (χ4n) is 1.23. The highest BCUT2D eigenvalue weighted by molar-refractivity contribution is 5.73. The van der Waals surface area contributed by atoms with Crippen LogP contribution >= 0.6 is 0 Å². The van der Waals surface area contributed by atoms with E-state index in [0.717, 1.165) is 13.1 Å². The van der Waals surface area contributed by atoms with Crippen LogP contribution in [0.4, 0.5) is 17.6 Å². The summed E-state index contributed by atoms with van der Waals surface area (Å²) in [7, 11) is 0. The van der Waals surface area contributed by atoms with E-state index in [1.807, 2.05) is 6.92 Å². The molecule has 0 saturated carbocycles. The molecule has 7 heteroatoms. The number of hydrogen-bond donors (Lipinski definition) is 2. The molecule has 0 aromatic rings. The zero-order valence-electron chi connectivity index (χ0n) is 8.90. The first kappa shape index (κ1) is 15.2. The van der Waals surface area contributed by atoms with E-state index in [2.05, 4.69) is 5.32 Å². The molecule has 1 fully saturated rings. The summed E-state index contributed by atoms with van der Waals surface area (Å²) in [6.07, 6.45) is -3.01. The van der Waals surface area contributed by atoms with Crippen molar-refractivity contribution in [2.45, 2.75) is 38.0 Å². The second-order valence-corrected chi connectivity index (χ2v) is 3.56. The molecule has 1 saturated heterocycles. The van der Waals surface area contributed by atoms with Gasteiger partial charge >= 0.3 is 12.1 Å². The number of alkyl halides is 4. The lowest BCUT2D eigenvalue weighted by Gasteiger charge is -2.28. The Kier molecular flexibility index (Phi) is 5.71. The van der Waals surface area contributed by atoms with Crippen molar-refractivity contribution in [1.82, 2.24) is 5.32 Å². The van der Waals surface area contributed by atoms with Gasteiger partial charge in [-0.2, -0.15) is 13.2 Å². The first-order valence-corrected chi connectivity index (χ1v) is 4.91. The number of carbonyl (C=O) groups is 1. The topological polar surface area (TPSA) is 49.3 Å². The van der Waals surface area contributed by atoms with Crippen molar-refractivity contribution in [3.05, 3.63) is 0 Å². The Balaban J connectivity index is 0.000000293. The number of rotatable bonds is 1. The molecule has 0 aromatic carbocycles. The highest BCUT2D eigenvalue weighted by Gasteiger charge is 2.38.